The van der Waals surface area contributed by atoms with Gasteiger partial charge in [0.25, 0.3) is 0 Å². The monoisotopic (exact) mass is 305 g/mol. The van der Waals surface area contributed by atoms with Crippen LogP contribution in [0.25, 0.3) is 0 Å². The van der Waals surface area contributed by atoms with Crippen LogP contribution >= 0.6 is 0 Å². The van der Waals surface area contributed by atoms with Crippen molar-refractivity contribution in [2.24, 2.45) is 0 Å². The van der Waals surface area contributed by atoms with Crippen molar-refractivity contribution in [2.45, 2.75) is 38.6 Å². The minimum atomic E-state index is -4.34. The van der Waals surface area contributed by atoms with Gasteiger partial charge in [-0.05, 0) is 37.6 Å². The number of alkyl halides is 3. The van der Waals surface area contributed by atoms with Crippen LogP contribution in [0.4, 0.5) is 13.2 Å². The summed E-state index contributed by atoms with van der Waals surface area (Å²) < 4.78 is 47.5. The summed E-state index contributed by atoms with van der Waals surface area (Å²) in [7, 11) is 1.57. The van der Waals surface area contributed by atoms with Gasteiger partial charge in [-0.2, -0.15) is 13.2 Å². The Kier molecular flexibility index (Phi) is 6.98. The lowest BCUT2D eigenvalue weighted by atomic mass is 10.1. The molecule has 2 unspecified atom stereocenters. The maximum absolute atomic E-state index is 12.5. The molecule has 2 atom stereocenters. The van der Waals surface area contributed by atoms with Crippen molar-refractivity contribution >= 4 is 0 Å². The molecule has 0 aliphatic rings. The van der Waals surface area contributed by atoms with Gasteiger partial charge in [0.1, 0.15) is 5.75 Å². The Labute approximate surface area is 123 Å². The second-order valence-electron chi connectivity index (χ2n) is 4.80. The van der Waals surface area contributed by atoms with E-state index >= 15 is 0 Å². The van der Waals surface area contributed by atoms with Crippen LogP contribution in [-0.4, -0.2) is 32.5 Å². The van der Waals surface area contributed by atoms with E-state index in [4.69, 9.17) is 9.47 Å². The average molecular weight is 305 g/mol. The van der Waals surface area contributed by atoms with E-state index in [2.05, 4.69) is 5.32 Å². The van der Waals surface area contributed by atoms with Crippen LogP contribution in [0.15, 0.2) is 24.3 Å². The Bertz CT molecular complexity index is 406. The molecule has 0 saturated heterocycles. The van der Waals surface area contributed by atoms with Crippen LogP contribution in [0.3, 0.4) is 0 Å². The molecule has 0 aliphatic heterocycles. The van der Waals surface area contributed by atoms with Gasteiger partial charge in [-0.1, -0.05) is 19.1 Å². The van der Waals surface area contributed by atoms with Crippen molar-refractivity contribution in [1.29, 1.82) is 0 Å². The van der Waals surface area contributed by atoms with Crippen LogP contribution in [0, 0.1) is 0 Å². The van der Waals surface area contributed by atoms with E-state index in [1.54, 1.807) is 19.2 Å². The van der Waals surface area contributed by atoms with Crippen molar-refractivity contribution < 1.29 is 22.6 Å². The van der Waals surface area contributed by atoms with E-state index in [9.17, 15) is 13.2 Å². The Morgan fingerprint density at radius 1 is 1.19 bits per heavy atom. The zero-order valence-electron chi connectivity index (χ0n) is 12.5. The molecule has 0 amide bonds. The first-order valence-electron chi connectivity index (χ1n) is 6.94. The Morgan fingerprint density at radius 3 is 2.29 bits per heavy atom. The first-order valence-corrected chi connectivity index (χ1v) is 6.94. The van der Waals surface area contributed by atoms with E-state index in [1.165, 1.54) is 0 Å². The highest BCUT2D eigenvalue weighted by molar-refractivity contribution is 5.29. The molecule has 3 nitrogen and oxygen atoms in total. The number of hydrogen-bond acceptors (Lipinski definition) is 3. The highest BCUT2D eigenvalue weighted by Gasteiger charge is 2.37. The fraction of sp³-hybridized carbons (Fsp3) is 0.600. The molecule has 0 heterocycles. The molecule has 0 spiro atoms. The summed E-state index contributed by atoms with van der Waals surface area (Å²) >= 11 is 0. The number of methoxy groups -OCH3 is 1. The van der Waals surface area contributed by atoms with Crippen molar-refractivity contribution in [3.05, 3.63) is 29.8 Å². The molecule has 1 aromatic rings. The standard InChI is InChI=1S/C15H22F3NO2/c1-4-9-19-14(10-21-11(2)15(16,17)18)12-5-7-13(20-3)8-6-12/h5-8,11,14,19H,4,9-10H2,1-3H3. The summed E-state index contributed by atoms with van der Waals surface area (Å²) in [6, 6.07) is 6.94. The molecule has 21 heavy (non-hydrogen) atoms. The number of nitrogens with one attached hydrogen (secondary N) is 1. The molecule has 1 rings (SSSR count). The molecule has 0 aliphatic carbocycles. The van der Waals surface area contributed by atoms with Crippen LogP contribution in [-0.2, 0) is 4.74 Å². The molecular formula is C15H22F3NO2. The third-order valence-electron chi connectivity index (χ3n) is 3.13. The summed E-state index contributed by atoms with van der Waals surface area (Å²) in [4.78, 5) is 0. The topological polar surface area (TPSA) is 30.5 Å². The average Bonchev–Trinajstić information content (AvgIpc) is 2.46. The van der Waals surface area contributed by atoms with Crippen molar-refractivity contribution in [3.8, 4) is 5.75 Å². The van der Waals surface area contributed by atoms with Crippen molar-refractivity contribution in [3.63, 3.8) is 0 Å². The van der Waals surface area contributed by atoms with Gasteiger partial charge in [-0.15, -0.1) is 0 Å². The smallest absolute Gasteiger partial charge is 0.414 e. The Hall–Kier alpha value is -1.27. The van der Waals surface area contributed by atoms with E-state index in [0.29, 0.717) is 12.3 Å². The number of ether oxygens (including phenoxy) is 2. The predicted octanol–water partition coefficient (Wildman–Crippen LogP) is 3.70. The van der Waals surface area contributed by atoms with Gasteiger partial charge in [0.15, 0.2) is 6.10 Å². The molecule has 0 aromatic heterocycles. The van der Waals surface area contributed by atoms with Gasteiger partial charge < -0.3 is 14.8 Å². The Morgan fingerprint density at radius 2 is 1.81 bits per heavy atom. The van der Waals surface area contributed by atoms with E-state index in [0.717, 1.165) is 18.9 Å². The third kappa shape index (κ3) is 5.93. The molecular weight excluding hydrogens is 283 g/mol. The number of hydrogen-bond donors (Lipinski definition) is 1. The summed E-state index contributed by atoms with van der Waals surface area (Å²) in [5.74, 6) is 0.706. The molecule has 1 aromatic carbocycles. The molecule has 0 bridgehead atoms. The number of benzene rings is 1. The fourth-order valence-corrected chi connectivity index (χ4v) is 1.76. The molecule has 1 N–H and O–H groups in total. The zero-order chi connectivity index (χ0) is 15.9. The SMILES string of the molecule is CCCNC(COC(C)C(F)(F)F)c1ccc(OC)cc1. The molecule has 0 fully saturated rings. The van der Waals surface area contributed by atoms with Crippen molar-refractivity contribution in [2.75, 3.05) is 20.3 Å². The lowest BCUT2D eigenvalue weighted by Crippen LogP contribution is -2.33. The molecule has 0 radical (unpaired) electrons. The number of rotatable bonds is 8. The minimum Gasteiger partial charge on any atom is -0.497 e. The maximum Gasteiger partial charge on any atom is 0.414 e. The fourth-order valence-electron chi connectivity index (χ4n) is 1.76. The predicted molar refractivity (Wildman–Crippen MR) is 75.5 cm³/mol. The second kappa shape index (κ2) is 8.24. The van der Waals surface area contributed by atoms with Crippen LogP contribution < -0.4 is 10.1 Å². The lowest BCUT2D eigenvalue weighted by Gasteiger charge is -2.23. The van der Waals surface area contributed by atoms with E-state index < -0.39 is 12.3 Å². The minimum absolute atomic E-state index is 0.0347. The number of halogens is 3. The highest BCUT2D eigenvalue weighted by atomic mass is 19.4. The summed E-state index contributed by atoms with van der Waals surface area (Å²) in [6.07, 6.45) is -5.22. The van der Waals surface area contributed by atoms with Gasteiger partial charge in [-0.3, -0.25) is 0 Å². The van der Waals surface area contributed by atoms with Crippen LogP contribution in [0.2, 0.25) is 0 Å². The second-order valence-corrected chi connectivity index (χ2v) is 4.80. The van der Waals surface area contributed by atoms with Gasteiger partial charge >= 0.3 is 6.18 Å². The lowest BCUT2D eigenvalue weighted by molar-refractivity contribution is -0.215. The normalized spacial score (nSPS) is 14.8. The summed E-state index contributed by atoms with van der Waals surface area (Å²) in [5.41, 5.74) is 0.874. The Balaban J connectivity index is 2.70. The molecule has 6 heteroatoms. The van der Waals surface area contributed by atoms with Gasteiger partial charge in [0, 0.05) is 0 Å². The van der Waals surface area contributed by atoms with E-state index in [1.807, 2.05) is 19.1 Å². The van der Waals surface area contributed by atoms with Gasteiger partial charge in [0.05, 0.1) is 19.8 Å². The first-order chi connectivity index (χ1) is 9.88. The molecule has 120 valence electrons. The van der Waals surface area contributed by atoms with Gasteiger partial charge in [0.2, 0.25) is 0 Å². The van der Waals surface area contributed by atoms with Crippen molar-refractivity contribution in [1.82, 2.24) is 5.32 Å². The maximum atomic E-state index is 12.5. The summed E-state index contributed by atoms with van der Waals surface area (Å²) in [6.45, 7) is 3.69. The van der Waals surface area contributed by atoms with Crippen LogP contribution in [0.1, 0.15) is 31.9 Å². The van der Waals surface area contributed by atoms with Gasteiger partial charge in [-0.25, -0.2) is 0 Å². The third-order valence-corrected chi connectivity index (χ3v) is 3.13. The summed E-state index contributed by atoms with van der Waals surface area (Å²) in [5, 5.41) is 3.20. The van der Waals surface area contributed by atoms with E-state index in [-0.39, 0.29) is 12.6 Å². The zero-order valence-corrected chi connectivity index (χ0v) is 12.5. The molecule has 0 saturated carbocycles. The first kappa shape index (κ1) is 17.8. The van der Waals surface area contributed by atoms with Crippen LogP contribution in [0.5, 0.6) is 5.75 Å². The quantitative estimate of drug-likeness (QED) is 0.794. The largest absolute Gasteiger partial charge is 0.497 e. The highest BCUT2D eigenvalue weighted by Crippen LogP contribution is 2.24.